The van der Waals surface area contributed by atoms with Gasteiger partial charge in [-0.1, -0.05) is 30.3 Å². The number of hydrogen-bond donors (Lipinski definition) is 1. The molecule has 2 rings (SSSR count). The lowest BCUT2D eigenvalue weighted by molar-refractivity contribution is 0.287. The van der Waals surface area contributed by atoms with E-state index in [1.54, 1.807) is 19.2 Å². The van der Waals surface area contributed by atoms with E-state index in [9.17, 15) is 4.39 Å². The van der Waals surface area contributed by atoms with Gasteiger partial charge in [0.15, 0.2) is 11.5 Å². The van der Waals surface area contributed by atoms with Crippen LogP contribution in [0.4, 0.5) is 4.39 Å². The Morgan fingerprint density at radius 3 is 2.43 bits per heavy atom. The lowest BCUT2D eigenvalue weighted by Crippen LogP contribution is -2.25. The molecule has 112 valence electrons. The van der Waals surface area contributed by atoms with Crippen LogP contribution < -0.4 is 14.8 Å². The van der Waals surface area contributed by atoms with Crippen molar-refractivity contribution in [2.45, 2.75) is 13.0 Å². The summed E-state index contributed by atoms with van der Waals surface area (Å²) in [6.45, 7) is 3.04. The maximum atomic E-state index is 13.6. The van der Waals surface area contributed by atoms with Crippen molar-refractivity contribution in [1.82, 2.24) is 5.32 Å². The zero-order valence-electron chi connectivity index (χ0n) is 12.3. The zero-order valence-corrected chi connectivity index (χ0v) is 12.3. The van der Waals surface area contributed by atoms with Gasteiger partial charge >= 0.3 is 0 Å². The van der Waals surface area contributed by atoms with Crippen LogP contribution in [0.5, 0.6) is 11.5 Å². The van der Waals surface area contributed by atoms with E-state index in [4.69, 9.17) is 9.47 Å². The molecule has 0 bridgehead atoms. The van der Waals surface area contributed by atoms with E-state index in [0.29, 0.717) is 30.2 Å². The summed E-state index contributed by atoms with van der Waals surface area (Å²) in [5.41, 5.74) is 0.662. The molecule has 0 saturated carbocycles. The summed E-state index contributed by atoms with van der Waals surface area (Å²) in [6, 6.07) is 14.2. The molecular formula is C17H20FNO2. The molecule has 0 heterocycles. The molecule has 0 aromatic heterocycles. The fraction of sp³-hybridized carbons (Fsp3) is 0.294. The molecule has 0 amide bonds. The van der Waals surface area contributed by atoms with Crippen molar-refractivity contribution in [3.05, 3.63) is 59.9 Å². The topological polar surface area (TPSA) is 30.5 Å². The van der Waals surface area contributed by atoms with Crippen molar-refractivity contribution in [3.63, 3.8) is 0 Å². The summed E-state index contributed by atoms with van der Waals surface area (Å²) in [7, 11) is 1.61. The van der Waals surface area contributed by atoms with E-state index in [-0.39, 0.29) is 11.9 Å². The van der Waals surface area contributed by atoms with Crippen molar-refractivity contribution in [1.29, 1.82) is 0 Å². The molecule has 0 unspecified atom stereocenters. The Morgan fingerprint density at radius 1 is 1.05 bits per heavy atom. The van der Waals surface area contributed by atoms with Crippen molar-refractivity contribution < 1.29 is 13.9 Å². The molecule has 0 spiro atoms. The summed E-state index contributed by atoms with van der Waals surface area (Å²) in [5, 5.41) is 3.24. The molecule has 0 fully saturated rings. The molecule has 0 aliphatic rings. The van der Waals surface area contributed by atoms with Gasteiger partial charge in [0.1, 0.15) is 12.4 Å². The van der Waals surface area contributed by atoms with Crippen molar-refractivity contribution in [2.24, 2.45) is 0 Å². The minimum absolute atomic E-state index is 0.0625. The number of ether oxygens (including phenoxy) is 2. The first kappa shape index (κ1) is 15.3. The second kappa shape index (κ2) is 7.64. The molecule has 0 radical (unpaired) electrons. The zero-order chi connectivity index (χ0) is 15.1. The predicted octanol–water partition coefficient (Wildman–Crippen LogP) is 3.56. The fourth-order valence-corrected chi connectivity index (χ4v) is 2.11. The Labute approximate surface area is 124 Å². The summed E-state index contributed by atoms with van der Waals surface area (Å²) < 4.78 is 24.5. The number of para-hydroxylation sites is 2. The second-order valence-electron chi connectivity index (χ2n) is 4.70. The molecule has 2 aromatic carbocycles. The number of rotatable bonds is 7. The second-order valence-corrected chi connectivity index (χ2v) is 4.70. The standard InChI is InChI=1S/C17H20FNO2/c1-13(14-7-3-4-8-15(14)18)19-11-12-21-17-10-6-5-9-16(17)20-2/h3-10,13,19H,11-12H2,1-2H3/t13-/m1/s1. The van der Waals surface area contributed by atoms with Crippen LogP contribution in [-0.4, -0.2) is 20.3 Å². The van der Waals surface area contributed by atoms with E-state index >= 15 is 0 Å². The first-order valence-corrected chi connectivity index (χ1v) is 6.96. The average molecular weight is 289 g/mol. The van der Waals surface area contributed by atoms with E-state index in [2.05, 4.69) is 5.32 Å². The maximum absolute atomic E-state index is 13.6. The van der Waals surface area contributed by atoms with E-state index < -0.39 is 0 Å². The Balaban J connectivity index is 1.81. The molecule has 1 atom stereocenters. The maximum Gasteiger partial charge on any atom is 0.161 e. The Hall–Kier alpha value is -2.07. The van der Waals surface area contributed by atoms with Crippen LogP contribution in [0.25, 0.3) is 0 Å². The largest absolute Gasteiger partial charge is 0.493 e. The highest BCUT2D eigenvalue weighted by Crippen LogP contribution is 2.25. The van der Waals surface area contributed by atoms with Gasteiger partial charge in [-0.3, -0.25) is 0 Å². The molecule has 3 nitrogen and oxygen atoms in total. The Morgan fingerprint density at radius 2 is 1.71 bits per heavy atom. The van der Waals surface area contributed by atoms with Gasteiger partial charge in [-0.15, -0.1) is 0 Å². The van der Waals surface area contributed by atoms with Gasteiger partial charge in [-0.25, -0.2) is 4.39 Å². The summed E-state index contributed by atoms with van der Waals surface area (Å²) >= 11 is 0. The molecule has 0 aliphatic heterocycles. The van der Waals surface area contributed by atoms with E-state index in [0.717, 1.165) is 0 Å². The number of nitrogens with one attached hydrogen (secondary N) is 1. The van der Waals surface area contributed by atoms with Crippen LogP contribution in [0.1, 0.15) is 18.5 Å². The minimum Gasteiger partial charge on any atom is -0.493 e. The van der Waals surface area contributed by atoms with Gasteiger partial charge in [-0.05, 0) is 25.1 Å². The van der Waals surface area contributed by atoms with Crippen LogP contribution in [0.2, 0.25) is 0 Å². The van der Waals surface area contributed by atoms with Gasteiger partial charge in [0.05, 0.1) is 7.11 Å². The minimum atomic E-state index is -0.192. The number of benzene rings is 2. The molecule has 21 heavy (non-hydrogen) atoms. The van der Waals surface area contributed by atoms with Crippen LogP contribution in [0, 0.1) is 5.82 Å². The highest BCUT2D eigenvalue weighted by atomic mass is 19.1. The van der Waals surface area contributed by atoms with Crippen LogP contribution in [0.15, 0.2) is 48.5 Å². The Bertz CT molecular complexity index is 574. The molecule has 0 aliphatic carbocycles. The number of methoxy groups -OCH3 is 1. The van der Waals surface area contributed by atoms with Crippen LogP contribution in [0.3, 0.4) is 0 Å². The van der Waals surface area contributed by atoms with Gasteiger partial charge < -0.3 is 14.8 Å². The van der Waals surface area contributed by atoms with Gasteiger partial charge in [-0.2, -0.15) is 0 Å². The third-order valence-corrected chi connectivity index (χ3v) is 3.25. The molecule has 1 N–H and O–H groups in total. The summed E-state index contributed by atoms with van der Waals surface area (Å²) in [6.07, 6.45) is 0. The highest BCUT2D eigenvalue weighted by Gasteiger charge is 2.09. The highest BCUT2D eigenvalue weighted by molar-refractivity contribution is 5.39. The quantitative estimate of drug-likeness (QED) is 0.791. The van der Waals surface area contributed by atoms with Gasteiger partial charge in [0.2, 0.25) is 0 Å². The third-order valence-electron chi connectivity index (χ3n) is 3.25. The molecule has 4 heteroatoms. The lowest BCUT2D eigenvalue weighted by atomic mass is 10.1. The van der Waals surface area contributed by atoms with Gasteiger partial charge in [0, 0.05) is 18.2 Å². The normalized spacial score (nSPS) is 12.0. The predicted molar refractivity (Wildman–Crippen MR) is 81.3 cm³/mol. The smallest absolute Gasteiger partial charge is 0.161 e. The van der Waals surface area contributed by atoms with Crippen molar-refractivity contribution in [2.75, 3.05) is 20.3 Å². The lowest BCUT2D eigenvalue weighted by Gasteiger charge is -2.16. The monoisotopic (exact) mass is 289 g/mol. The van der Waals surface area contributed by atoms with Crippen molar-refractivity contribution in [3.8, 4) is 11.5 Å². The molecule has 2 aromatic rings. The first-order chi connectivity index (χ1) is 10.2. The Kier molecular flexibility index (Phi) is 5.58. The van der Waals surface area contributed by atoms with Crippen LogP contribution >= 0.6 is 0 Å². The molecular weight excluding hydrogens is 269 g/mol. The third kappa shape index (κ3) is 4.20. The summed E-state index contributed by atoms with van der Waals surface area (Å²) in [5.74, 6) is 1.23. The number of halogens is 1. The average Bonchev–Trinajstić information content (AvgIpc) is 2.52. The SMILES string of the molecule is COc1ccccc1OCCN[C@H](C)c1ccccc1F. The van der Waals surface area contributed by atoms with E-state index in [1.807, 2.05) is 37.3 Å². The number of hydrogen-bond acceptors (Lipinski definition) is 3. The van der Waals surface area contributed by atoms with E-state index in [1.165, 1.54) is 6.07 Å². The first-order valence-electron chi connectivity index (χ1n) is 6.96. The fourth-order valence-electron chi connectivity index (χ4n) is 2.11. The van der Waals surface area contributed by atoms with Gasteiger partial charge in [0.25, 0.3) is 0 Å². The van der Waals surface area contributed by atoms with Crippen LogP contribution in [-0.2, 0) is 0 Å². The molecule has 0 saturated heterocycles. The van der Waals surface area contributed by atoms with Crippen molar-refractivity contribution >= 4 is 0 Å². The summed E-state index contributed by atoms with van der Waals surface area (Å²) in [4.78, 5) is 0.